The minimum Gasteiger partial charge on any atom is -0.384 e. The van der Waals surface area contributed by atoms with Crippen molar-refractivity contribution in [2.75, 3.05) is 102 Å². The van der Waals surface area contributed by atoms with E-state index in [0.29, 0.717) is 123 Å². The number of H-pyrrole nitrogens is 3. The van der Waals surface area contributed by atoms with Crippen molar-refractivity contribution in [1.82, 2.24) is 49.8 Å². The van der Waals surface area contributed by atoms with Gasteiger partial charge in [0.2, 0.25) is 0 Å². The average molecular weight is 1610 g/mol. The zero-order valence-electron chi connectivity index (χ0n) is 64.1. The highest BCUT2D eigenvalue weighted by Crippen LogP contribution is 2.40. The van der Waals surface area contributed by atoms with Gasteiger partial charge < -0.3 is 61.4 Å². The van der Waals surface area contributed by atoms with E-state index in [1.54, 1.807) is 166 Å². The molecule has 0 saturated carbocycles. The number of benzene rings is 6. The van der Waals surface area contributed by atoms with Crippen molar-refractivity contribution in [2.45, 2.75) is 104 Å². The second kappa shape index (κ2) is 32.3. The predicted molar refractivity (Wildman–Crippen MR) is 462 cm³/mol. The van der Waals surface area contributed by atoms with Gasteiger partial charge in [-0.05, 0) is 175 Å². The van der Waals surface area contributed by atoms with Crippen molar-refractivity contribution in [2.24, 2.45) is 17.4 Å². The van der Waals surface area contributed by atoms with Gasteiger partial charge in [-0.25, -0.2) is 55.2 Å². The molecule has 6 aromatic heterocycles. The first kappa shape index (κ1) is 78.0. The van der Waals surface area contributed by atoms with Crippen molar-refractivity contribution < 1.29 is 57.2 Å². The van der Waals surface area contributed by atoms with Crippen molar-refractivity contribution in [1.29, 1.82) is 0 Å². The number of hydrogen-bond acceptors (Lipinski definition) is 22. The Hall–Kier alpha value is -11.3. The van der Waals surface area contributed by atoms with E-state index in [4.69, 9.17) is 31.2 Å². The smallest absolute Gasteiger partial charge is 0.259 e. The van der Waals surface area contributed by atoms with Gasteiger partial charge in [-0.2, -0.15) is 0 Å². The fraction of sp³-hybridized carbons (Fsp3) is 0.313. The molecule has 2 saturated heterocycles. The highest BCUT2D eigenvalue weighted by molar-refractivity contribution is 7.92. The summed E-state index contributed by atoms with van der Waals surface area (Å²) in [5.74, 6) is 0.356. The molecule has 2 fully saturated rings. The zero-order chi connectivity index (χ0) is 79.9. The van der Waals surface area contributed by atoms with E-state index in [0.717, 1.165) is 122 Å². The molecule has 12 aromatic rings. The molecule has 3 amide bonds. The van der Waals surface area contributed by atoms with Gasteiger partial charge in [0.1, 0.15) is 16.6 Å². The third-order valence-electron chi connectivity index (χ3n) is 21.6. The van der Waals surface area contributed by atoms with Crippen LogP contribution >= 0.6 is 0 Å². The van der Waals surface area contributed by atoms with Crippen LogP contribution in [-0.4, -0.2) is 181 Å². The molecule has 0 radical (unpaired) electrons. The minimum atomic E-state index is -3.36. The molecule has 6 aromatic carbocycles. The Labute approximate surface area is 674 Å². The highest BCUT2D eigenvalue weighted by atomic mass is 32.2. The number of morpholine rings is 1. The van der Waals surface area contributed by atoms with Gasteiger partial charge in [0.05, 0.1) is 116 Å². The van der Waals surface area contributed by atoms with E-state index >= 15 is 0 Å². The van der Waals surface area contributed by atoms with Crippen LogP contribution in [0, 0.1) is 5.92 Å². The summed E-state index contributed by atoms with van der Waals surface area (Å²) in [4.78, 5) is 88.0. The number of carbonyl (C=O) groups excluding carboxylic acids is 3. The van der Waals surface area contributed by atoms with Crippen LogP contribution in [0.5, 0.6) is 0 Å². The number of aromatic amines is 3. The molecule has 5 aliphatic rings. The van der Waals surface area contributed by atoms with Crippen molar-refractivity contribution >= 4 is 115 Å². The number of anilines is 6. The third kappa shape index (κ3) is 15.5. The number of hydrogen-bond donors (Lipinski definition) is 7. The van der Waals surface area contributed by atoms with Crippen LogP contribution in [0.4, 0.5) is 34.1 Å². The normalized spacial score (nSPS) is 15.5. The van der Waals surface area contributed by atoms with Crippen LogP contribution < -0.4 is 41.7 Å². The largest absolute Gasteiger partial charge is 0.384 e. The first-order valence-corrected chi connectivity index (χ1v) is 42.8. The van der Waals surface area contributed by atoms with Gasteiger partial charge in [-0.15, -0.1) is 0 Å². The van der Waals surface area contributed by atoms with Crippen LogP contribution in [0.25, 0.3) is 67.3 Å². The number of nitrogens with two attached hydrogens (primary N) is 2. The van der Waals surface area contributed by atoms with E-state index < -0.39 is 45.3 Å². The number of rotatable bonds is 21. The van der Waals surface area contributed by atoms with Crippen molar-refractivity contribution in [3.63, 3.8) is 0 Å². The number of aromatic nitrogens is 9. The van der Waals surface area contributed by atoms with Gasteiger partial charge in [0, 0.05) is 134 Å². The average Bonchev–Trinajstić information content (AvgIpc) is 1.62. The molecule has 0 aliphatic carbocycles. The first-order chi connectivity index (χ1) is 54.9. The molecular formula is C83H108N18O10S3. The number of ether oxygens (including phenoxy) is 1. The molecule has 9 N–H and O–H groups in total. The summed E-state index contributed by atoms with van der Waals surface area (Å²) in [7, 11) is -10.1. The number of piperidine rings is 1. The zero-order valence-corrected chi connectivity index (χ0v) is 66.5. The van der Waals surface area contributed by atoms with Crippen LogP contribution in [0.3, 0.4) is 0 Å². The summed E-state index contributed by atoms with van der Waals surface area (Å²) in [6.45, 7) is 20.4. The minimum absolute atomic E-state index is 0. The summed E-state index contributed by atoms with van der Waals surface area (Å²) in [6.07, 6.45) is 12.4. The number of sulfone groups is 3. The molecule has 608 valence electrons. The summed E-state index contributed by atoms with van der Waals surface area (Å²) in [6, 6.07) is 37.7. The van der Waals surface area contributed by atoms with E-state index in [2.05, 4.69) is 56.4 Å². The molecule has 17 rings (SSSR count). The molecular weight excluding hydrogens is 1510 g/mol. The number of nitrogens with one attached hydrogen (secondary N) is 5. The van der Waals surface area contributed by atoms with Crippen molar-refractivity contribution in [3.8, 4) is 33.8 Å². The molecule has 5 aliphatic heterocycles. The molecule has 31 heteroatoms. The standard InChI is InChI=1S/C29H32N6O4S.C29H32N6O3S.C25H26N6O3S.9H2/c1-19(2)40(37,38)23-6-3-20(4-7-23)25-16-31-28-27(33-25)26(17-32-28)35-18-21-15-22(5-8-24(21)29(35)36)30-9-10-34-11-13-39-14-12-34;1-18(2)39(37,38)23-6-3-20(4-7-23)25-15-31-28-27(33-25)26(16-32-28)35-17-21-13-22(5-8-24(21)29(35)36)34-11-9-19(14-30)10-12-34;1-15(2)35(33,34)19-6-3-16(4-7-19)21-12-28-24-23(30-21)22(13-29-24)31-14-17-11-18(27-10-9-26)5-8-20(17)25(31)32;;;;;;;;;/h3-8,15-17,19,30H,9-14,18H2,1-2H3,(H,31,32);3-8,13,15-16,18-19H,9-12,14,17,30H2,1-2H3,(H,31,32);3-8,11-13,15,27H,9-10,14,26H2,1-2H3,(H,28,29);9*1H. The third-order valence-corrected chi connectivity index (χ3v) is 28.1. The van der Waals surface area contributed by atoms with E-state index in [1.165, 1.54) is 0 Å². The maximum atomic E-state index is 13.4. The highest BCUT2D eigenvalue weighted by Gasteiger charge is 2.36. The lowest BCUT2D eigenvalue weighted by Crippen LogP contribution is -2.39. The Balaban J connectivity index is 0.000000276. The predicted octanol–water partition coefficient (Wildman–Crippen LogP) is 13.4. The molecule has 0 bridgehead atoms. The van der Waals surface area contributed by atoms with E-state index in [1.807, 2.05) is 48.5 Å². The Morgan fingerprint density at radius 2 is 0.833 bits per heavy atom. The molecule has 28 nitrogen and oxygen atoms in total. The summed E-state index contributed by atoms with van der Waals surface area (Å²) < 4.78 is 80.3. The van der Waals surface area contributed by atoms with Crippen LogP contribution in [0.1, 0.15) is 115 Å². The fourth-order valence-corrected chi connectivity index (χ4v) is 17.9. The van der Waals surface area contributed by atoms with Crippen LogP contribution in [0.15, 0.2) is 179 Å². The molecule has 0 unspecified atom stereocenters. The van der Waals surface area contributed by atoms with Gasteiger partial charge in [-0.3, -0.25) is 19.3 Å². The Morgan fingerprint density at radius 3 is 1.19 bits per heavy atom. The quantitative estimate of drug-likeness (QED) is 0.0351. The second-order valence-electron chi connectivity index (χ2n) is 29.8. The SMILES string of the molecule is CC(C)S(=O)(=O)c1ccc(-c2cnc3[nH]cc(N4Cc5cc(N6CCC(CN)CC6)ccc5C4=O)c3n2)cc1.CC(C)S(=O)(=O)c1ccc(-c2cnc3[nH]cc(N4Cc5cc(NCCN)ccc5C4=O)c3n2)cc1.CC(C)S(=O)(=O)c1ccc(-c2cnc3[nH]cc(N4Cc5cc(NCCN6CCOCC6)ccc5C4=O)c3n2)cc1.[HH].[HH].[HH].[HH].[HH].[HH].[HH].[HH].[HH]. The maximum absolute atomic E-state index is 13.4. The van der Waals surface area contributed by atoms with Gasteiger partial charge >= 0.3 is 0 Å². The topological polar surface area (TPSA) is 380 Å². The van der Waals surface area contributed by atoms with E-state index in [-0.39, 0.29) is 45.2 Å². The van der Waals surface area contributed by atoms with Gasteiger partial charge in [-0.1, -0.05) is 36.4 Å². The van der Waals surface area contributed by atoms with E-state index in [9.17, 15) is 39.6 Å². The second-order valence-corrected chi connectivity index (χ2v) is 37.3. The molecule has 114 heavy (non-hydrogen) atoms. The monoisotopic (exact) mass is 1610 g/mol. The lowest BCUT2D eigenvalue weighted by Gasteiger charge is -2.33. The summed E-state index contributed by atoms with van der Waals surface area (Å²) in [5.41, 5.74) is 28.9. The Kier molecular flexibility index (Phi) is 22.1. The Morgan fingerprint density at radius 1 is 0.474 bits per heavy atom. The van der Waals surface area contributed by atoms with Crippen LogP contribution in [-0.2, 0) is 53.9 Å². The van der Waals surface area contributed by atoms with Gasteiger partial charge in [0.15, 0.2) is 46.5 Å². The molecule has 0 spiro atoms. The number of carbonyl (C=O) groups is 3. The van der Waals surface area contributed by atoms with Crippen LogP contribution in [0.2, 0.25) is 0 Å². The van der Waals surface area contributed by atoms with Gasteiger partial charge in [0.25, 0.3) is 17.7 Å². The summed E-state index contributed by atoms with van der Waals surface area (Å²) in [5, 5.41) is 5.23. The number of amides is 3. The lowest BCUT2D eigenvalue weighted by molar-refractivity contribution is 0.0398. The number of nitrogens with zero attached hydrogens (tertiary/aromatic N) is 11. The molecule has 11 heterocycles. The Bertz CT molecular complexity index is 6050. The molecule has 0 atom stereocenters. The fourth-order valence-electron chi connectivity index (χ4n) is 14.7. The first-order valence-electron chi connectivity index (χ1n) is 38.2. The lowest BCUT2D eigenvalue weighted by atomic mass is 9.96. The van der Waals surface area contributed by atoms with Crippen molar-refractivity contribution in [3.05, 3.63) is 198 Å². The maximum Gasteiger partial charge on any atom is 0.259 e. The number of fused-ring (bicyclic) bond motifs is 6. The summed E-state index contributed by atoms with van der Waals surface area (Å²) >= 11 is 0.